The van der Waals surface area contributed by atoms with Gasteiger partial charge in [0.1, 0.15) is 0 Å². The largest absolute Gasteiger partial charge is 0.307 e. The average molecular weight is 209 g/mol. The van der Waals surface area contributed by atoms with Gasteiger partial charge in [0.2, 0.25) is 0 Å². The molecular weight excluding hydrogens is 190 g/mol. The minimum absolute atomic E-state index is 0.525. The zero-order valence-electron chi connectivity index (χ0n) is 8.99. The molecule has 1 saturated carbocycles. The summed E-state index contributed by atoms with van der Waals surface area (Å²) in [5, 5.41) is 8.12. The summed E-state index contributed by atoms with van der Waals surface area (Å²) in [4.78, 5) is 0. The zero-order valence-corrected chi connectivity index (χ0v) is 9.81. The molecule has 0 radical (unpaired) electrons. The van der Waals surface area contributed by atoms with Gasteiger partial charge in [-0.3, -0.25) is 0 Å². The fourth-order valence-corrected chi connectivity index (χ4v) is 3.08. The van der Waals surface area contributed by atoms with Gasteiger partial charge in [0.05, 0.1) is 0 Å². The smallest absolute Gasteiger partial charge is 0.0302 e. The average Bonchev–Trinajstić information content (AvgIpc) is 2.75. The van der Waals surface area contributed by atoms with Crippen molar-refractivity contribution in [3.8, 4) is 0 Å². The van der Waals surface area contributed by atoms with Crippen LogP contribution in [-0.4, -0.2) is 6.04 Å². The van der Waals surface area contributed by atoms with Crippen LogP contribution >= 0.6 is 11.3 Å². The van der Waals surface area contributed by atoms with Crippen molar-refractivity contribution in [2.45, 2.75) is 45.2 Å². The minimum atomic E-state index is 0.525. The Bertz CT molecular complexity index is 268. The van der Waals surface area contributed by atoms with Crippen LogP contribution in [0.25, 0.3) is 0 Å². The van der Waals surface area contributed by atoms with Gasteiger partial charge in [-0.05, 0) is 54.5 Å². The van der Waals surface area contributed by atoms with Gasteiger partial charge in [-0.1, -0.05) is 6.92 Å². The maximum absolute atomic E-state index is 3.72. The number of thiophene rings is 1. The summed E-state index contributed by atoms with van der Waals surface area (Å²) in [6, 6.07) is 3.50. The molecule has 3 unspecified atom stereocenters. The Morgan fingerprint density at radius 2 is 2.36 bits per heavy atom. The van der Waals surface area contributed by atoms with E-state index in [1.54, 1.807) is 11.3 Å². The second kappa shape index (κ2) is 4.45. The molecule has 1 aliphatic rings. The molecule has 1 N–H and O–H groups in total. The summed E-state index contributed by atoms with van der Waals surface area (Å²) in [6.07, 6.45) is 4.11. The molecule has 1 fully saturated rings. The van der Waals surface area contributed by atoms with Crippen molar-refractivity contribution >= 4 is 11.3 Å². The standard InChI is InChI=1S/C12H19NS/c1-9-3-4-12(7-9)13-10(2)11-5-6-14-8-11/h5-6,8-10,12-13H,3-4,7H2,1-2H3. The first kappa shape index (κ1) is 10.2. The fourth-order valence-electron chi connectivity index (χ4n) is 2.33. The summed E-state index contributed by atoms with van der Waals surface area (Å²) in [5.74, 6) is 0.919. The fraction of sp³-hybridized carbons (Fsp3) is 0.667. The van der Waals surface area contributed by atoms with E-state index in [-0.39, 0.29) is 0 Å². The molecule has 0 bridgehead atoms. The van der Waals surface area contributed by atoms with Crippen molar-refractivity contribution in [1.29, 1.82) is 0 Å². The zero-order chi connectivity index (χ0) is 9.97. The van der Waals surface area contributed by atoms with E-state index < -0.39 is 0 Å². The van der Waals surface area contributed by atoms with Crippen molar-refractivity contribution in [1.82, 2.24) is 5.32 Å². The van der Waals surface area contributed by atoms with Crippen LogP contribution < -0.4 is 5.32 Å². The van der Waals surface area contributed by atoms with Crippen LogP contribution in [0.5, 0.6) is 0 Å². The van der Waals surface area contributed by atoms with Crippen molar-refractivity contribution < 1.29 is 0 Å². The summed E-state index contributed by atoms with van der Waals surface area (Å²) in [7, 11) is 0. The van der Waals surface area contributed by atoms with Gasteiger partial charge in [0.25, 0.3) is 0 Å². The SMILES string of the molecule is CC1CCC(NC(C)c2ccsc2)C1. The maximum atomic E-state index is 3.72. The lowest BCUT2D eigenvalue weighted by atomic mass is 10.1. The van der Waals surface area contributed by atoms with Crippen LogP contribution in [-0.2, 0) is 0 Å². The van der Waals surface area contributed by atoms with Gasteiger partial charge < -0.3 is 5.32 Å². The molecule has 2 rings (SSSR count). The van der Waals surface area contributed by atoms with E-state index in [1.807, 2.05) is 0 Å². The molecule has 0 spiro atoms. The van der Waals surface area contributed by atoms with Crippen molar-refractivity contribution in [2.75, 3.05) is 0 Å². The van der Waals surface area contributed by atoms with E-state index in [1.165, 1.54) is 24.8 Å². The van der Waals surface area contributed by atoms with Crippen molar-refractivity contribution in [2.24, 2.45) is 5.92 Å². The Labute approximate surface area is 90.5 Å². The molecule has 0 aliphatic heterocycles. The molecule has 14 heavy (non-hydrogen) atoms. The first-order chi connectivity index (χ1) is 6.75. The predicted molar refractivity (Wildman–Crippen MR) is 62.7 cm³/mol. The highest BCUT2D eigenvalue weighted by Gasteiger charge is 2.22. The Kier molecular flexibility index (Phi) is 3.24. The second-order valence-corrected chi connectivity index (χ2v) is 5.34. The van der Waals surface area contributed by atoms with Crippen LogP contribution in [0.2, 0.25) is 0 Å². The number of hydrogen-bond donors (Lipinski definition) is 1. The lowest BCUT2D eigenvalue weighted by Gasteiger charge is -2.18. The highest BCUT2D eigenvalue weighted by molar-refractivity contribution is 7.07. The third kappa shape index (κ3) is 2.37. The van der Waals surface area contributed by atoms with Crippen molar-refractivity contribution in [3.05, 3.63) is 22.4 Å². The molecule has 1 heterocycles. The quantitative estimate of drug-likeness (QED) is 0.802. The highest BCUT2D eigenvalue weighted by atomic mass is 32.1. The van der Waals surface area contributed by atoms with E-state index in [2.05, 4.69) is 36.0 Å². The Morgan fingerprint density at radius 1 is 1.50 bits per heavy atom. The third-order valence-electron chi connectivity index (χ3n) is 3.22. The second-order valence-electron chi connectivity index (χ2n) is 4.56. The molecule has 0 amide bonds. The molecule has 1 aromatic rings. The lowest BCUT2D eigenvalue weighted by Crippen LogP contribution is -2.28. The Hall–Kier alpha value is -0.340. The minimum Gasteiger partial charge on any atom is -0.307 e. The molecule has 0 saturated heterocycles. The summed E-state index contributed by atoms with van der Waals surface area (Å²) in [6.45, 7) is 4.63. The van der Waals surface area contributed by atoms with Crippen LogP contribution in [0.15, 0.2) is 16.8 Å². The molecule has 3 atom stereocenters. The van der Waals surface area contributed by atoms with E-state index in [0.29, 0.717) is 6.04 Å². The molecule has 1 aliphatic carbocycles. The maximum Gasteiger partial charge on any atom is 0.0302 e. The molecule has 2 heteroatoms. The molecule has 0 aromatic carbocycles. The molecule has 1 nitrogen and oxygen atoms in total. The summed E-state index contributed by atoms with van der Waals surface area (Å²) < 4.78 is 0. The Balaban J connectivity index is 1.86. The monoisotopic (exact) mass is 209 g/mol. The van der Waals surface area contributed by atoms with Crippen LogP contribution in [0, 0.1) is 5.92 Å². The summed E-state index contributed by atoms with van der Waals surface area (Å²) >= 11 is 1.79. The van der Waals surface area contributed by atoms with Gasteiger partial charge >= 0.3 is 0 Å². The van der Waals surface area contributed by atoms with Gasteiger partial charge in [0, 0.05) is 12.1 Å². The first-order valence-corrected chi connectivity index (χ1v) is 6.48. The lowest BCUT2D eigenvalue weighted by molar-refractivity contribution is 0.450. The number of hydrogen-bond acceptors (Lipinski definition) is 2. The van der Waals surface area contributed by atoms with E-state index in [0.717, 1.165) is 12.0 Å². The Morgan fingerprint density at radius 3 is 2.93 bits per heavy atom. The van der Waals surface area contributed by atoms with Gasteiger partial charge in [-0.25, -0.2) is 0 Å². The molecule has 1 aromatic heterocycles. The molecule has 78 valence electrons. The van der Waals surface area contributed by atoms with Crippen LogP contribution in [0.3, 0.4) is 0 Å². The number of rotatable bonds is 3. The van der Waals surface area contributed by atoms with E-state index >= 15 is 0 Å². The van der Waals surface area contributed by atoms with Crippen LogP contribution in [0.1, 0.15) is 44.7 Å². The first-order valence-electron chi connectivity index (χ1n) is 5.54. The number of nitrogens with one attached hydrogen (secondary N) is 1. The van der Waals surface area contributed by atoms with E-state index in [4.69, 9.17) is 0 Å². The normalized spacial score (nSPS) is 29.3. The highest BCUT2D eigenvalue weighted by Crippen LogP contribution is 2.27. The van der Waals surface area contributed by atoms with Gasteiger partial charge in [-0.2, -0.15) is 11.3 Å². The van der Waals surface area contributed by atoms with Crippen molar-refractivity contribution in [3.63, 3.8) is 0 Å². The topological polar surface area (TPSA) is 12.0 Å². The van der Waals surface area contributed by atoms with Gasteiger partial charge in [-0.15, -0.1) is 0 Å². The third-order valence-corrected chi connectivity index (χ3v) is 3.93. The van der Waals surface area contributed by atoms with E-state index in [9.17, 15) is 0 Å². The summed E-state index contributed by atoms with van der Waals surface area (Å²) in [5.41, 5.74) is 1.44. The predicted octanol–water partition coefficient (Wildman–Crippen LogP) is 3.59. The van der Waals surface area contributed by atoms with Crippen LogP contribution in [0.4, 0.5) is 0 Å². The molecular formula is C12H19NS. The van der Waals surface area contributed by atoms with Gasteiger partial charge in [0.15, 0.2) is 0 Å².